The molecule has 3 saturated carbocycles. The van der Waals surface area contributed by atoms with Gasteiger partial charge in [0.2, 0.25) is 0 Å². The Morgan fingerprint density at radius 2 is 1.97 bits per heavy atom. The van der Waals surface area contributed by atoms with E-state index < -0.39 is 60.7 Å². The Labute approximate surface area is 171 Å². The predicted octanol–water partition coefficient (Wildman–Crippen LogP) is 1.21. The van der Waals surface area contributed by atoms with Gasteiger partial charge in [0.15, 0.2) is 4.90 Å². The summed E-state index contributed by atoms with van der Waals surface area (Å²) in [4.78, 5) is 48.2. The molecule has 1 aliphatic heterocycles. The summed E-state index contributed by atoms with van der Waals surface area (Å²) in [5, 5.41) is 11.4. The topological polar surface area (TPSA) is 141 Å². The Bertz CT molecular complexity index is 1110. The molecule has 4 atom stereocenters. The third-order valence-electron chi connectivity index (χ3n) is 6.34. The number of hydrogen-bond acceptors (Lipinski definition) is 8. The van der Waals surface area contributed by atoms with Gasteiger partial charge in [-0.1, -0.05) is 18.2 Å². The summed E-state index contributed by atoms with van der Waals surface area (Å²) in [5.74, 6) is -3.35. The molecule has 2 bridgehead atoms. The van der Waals surface area contributed by atoms with Crippen molar-refractivity contribution in [3.63, 3.8) is 0 Å². The summed E-state index contributed by atoms with van der Waals surface area (Å²) in [6.45, 7) is 0. The van der Waals surface area contributed by atoms with Crippen LogP contribution in [0.3, 0.4) is 0 Å². The van der Waals surface area contributed by atoms with E-state index in [1.807, 2.05) is 0 Å². The maximum absolute atomic E-state index is 13.5. The highest BCUT2D eigenvalue weighted by Crippen LogP contribution is 2.57. The van der Waals surface area contributed by atoms with Crippen LogP contribution in [0, 0.1) is 27.4 Å². The molecule has 0 N–H and O–H groups in total. The minimum Gasteiger partial charge on any atom is -0.468 e. The van der Waals surface area contributed by atoms with Gasteiger partial charge in [-0.2, -0.15) is 0 Å². The highest BCUT2D eigenvalue weighted by atomic mass is 32.2. The monoisotopic (exact) mass is 434 g/mol. The van der Waals surface area contributed by atoms with Gasteiger partial charge in [0.25, 0.3) is 21.6 Å². The highest BCUT2D eigenvalue weighted by molar-refractivity contribution is 7.89. The third kappa shape index (κ3) is 2.54. The number of nitro groups is 1. The number of carbonyl (C=O) groups is 3. The number of para-hydroxylation sites is 1. The summed E-state index contributed by atoms with van der Waals surface area (Å²) < 4.78 is 32.5. The molecule has 1 aromatic rings. The van der Waals surface area contributed by atoms with Crippen molar-refractivity contribution in [2.75, 3.05) is 7.11 Å². The van der Waals surface area contributed by atoms with E-state index >= 15 is 0 Å². The number of amides is 1. The maximum Gasteiger partial charge on any atom is 0.318 e. The Morgan fingerprint density at radius 1 is 1.27 bits per heavy atom. The van der Waals surface area contributed by atoms with Crippen LogP contribution in [-0.2, 0) is 29.1 Å². The fourth-order valence-electron chi connectivity index (χ4n) is 5.10. The molecule has 3 aliphatic carbocycles. The van der Waals surface area contributed by atoms with E-state index in [1.54, 1.807) is 0 Å². The van der Waals surface area contributed by atoms with Crippen molar-refractivity contribution in [3.05, 3.63) is 46.5 Å². The van der Waals surface area contributed by atoms with Crippen LogP contribution in [0.2, 0.25) is 0 Å². The van der Waals surface area contributed by atoms with E-state index in [9.17, 15) is 32.9 Å². The molecular formula is C19H18N2O8S. The molecule has 1 amide bonds. The van der Waals surface area contributed by atoms with Gasteiger partial charge in [-0.25, -0.2) is 12.7 Å². The van der Waals surface area contributed by atoms with E-state index in [4.69, 9.17) is 4.74 Å². The van der Waals surface area contributed by atoms with Crippen LogP contribution < -0.4 is 0 Å². The zero-order chi connectivity index (χ0) is 21.8. The lowest BCUT2D eigenvalue weighted by atomic mass is 9.51. The average Bonchev–Trinajstić information content (AvgIpc) is 2.73. The van der Waals surface area contributed by atoms with Crippen LogP contribution in [0.5, 0.6) is 0 Å². The third-order valence-corrected chi connectivity index (χ3v) is 8.17. The van der Waals surface area contributed by atoms with Crippen molar-refractivity contribution in [2.45, 2.75) is 30.2 Å². The van der Waals surface area contributed by atoms with Gasteiger partial charge >= 0.3 is 5.97 Å². The highest BCUT2D eigenvalue weighted by Gasteiger charge is 2.67. The largest absolute Gasteiger partial charge is 0.468 e. The van der Waals surface area contributed by atoms with E-state index in [-0.39, 0.29) is 12.2 Å². The molecule has 0 saturated heterocycles. The molecule has 0 aromatic heterocycles. The minimum absolute atomic E-state index is 0.0775. The Balaban J connectivity index is 1.96. The minimum atomic E-state index is -4.75. The fourth-order valence-corrected chi connectivity index (χ4v) is 6.89. The molecule has 5 rings (SSSR count). The first-order valence-corrected chi connectivity index (χ1v) is 10.7. The maximum atomic E-state index is 13.5. The van der Waals surface area contributed by atoms with Crippen LogP contribution in [0.1, 0.15) is 19.3 Å². The van der Waals surface area contributed by atoms with Crippen molar-refractivity contribution >= 4 is 33.4 Å². The van der Waals surface area contributed by atoms with E-state index in [0.29, 0.717) is 17.1 Å². The predicted molar refractivity (Wildman–Crippen MR) is 100 cm³/mol. The Morgan fingerprint density at radius 3 is 2.60 bits per heavy atom. The average molecular weight is 434 g/mol. The van der Waals surface area contributed by atoms with Crippen molar-refractivity contribution < 1.29 is 32.5 Å². The van der Waals surface area contributed by atoms with Gasteiger partial charge in [-0.05, 0) is 24.8 Å². The van der Waals surface area contributed by atoms with Crippen molar-refractivity contribution in [3.8, 4) is 0 Å². The zero-order valence-corrected chi connectivity index (χ0v) is 16.7. The quantitative estimate of drug-likeness (QED) is 0.391. The van der Waals surface area contributed by atoms with Crippen molar-refractivity contribution in [1.29, 1.82) is 0 Å². The molecule has 11 heteroatoms. The molecule has 30 heavy (non-hydrogen) atoms. The second kappa shape index (κ2) is 6.73. The number of esters is 1. The fraction of sp³-hybridized carbons (Fsp3) is 0.421. The van der Waals surface area contributed by atoms with Gasteiger partial charge in [0.1, 0.15) is 11.2 Å². The van der Waals surface area contributed by atoms with Gasteiger partial charge in [-0.3, -0.25) is 24.5 Å². The number of benzene rings is 1. The second-order valence-corrected chi connectivity index (χ2v) is 9.40. The van der Waals surface area contributed by atoms with Crippen LogP contribution in [0.4, 0.5) is 5.69 Å². The van der Waals surface area contributed by atoms with Crippen molar-refractivity contribution in [1.82, 2.24) is 4.31 Å². The van der Waals surface area contributed by atoms with Gasteiger partial charge < -0.3 is 4.74 Å². The first kappa shape index (κ1) is 20.2. The number of nitrogens with zero attached hydrogens (tertiary/aromatic N) is 2. The molecule has 1 unspecified atom stereocenters. The molecule has 4 aliphatic rings. The smallest absolute Gasteiger partial charge is 0.318 e. The lowest BCUT2D eigenvalue weighted by molar-refractivity contribution is -0.387. The first-order chi connectivity index (χ1) is 14.2. The number of fused-ring (bicyclic) bond motifs is 2. The lowest BCUT2D eigenvalue weighted by Crippen LogP contribution is -2.69. The van der Waals surface area contributed by atoms with E-state index in [2.05, 4.69) is 0 Å². The number of rotatable bonds is 4. The Kier molecular flexibility index (Phi) is 4.53. The summed E-state index contributed by atoms with van der Waals surface area (Å²) >= 11 is 0. The number of ether oxygens (including phenoxy) is 1. The van der Waals surface area contributed by atoms with Crippen LogP contribution in [0.25, 0.3) is 0 Å². The number of Topliss-reactive ketones (excluding diaryl/α,β-unsaturated/α-hetero) is 1. The number of hydrogen-bond donors (Lipinski definition) is 0. The van der Waals surface area contributed by atoms with Gasteiger partial charge in [0.05, 0.1) is 18.1 Å². The summed E-state index contributed by atoms with van der Waals surface area (Å²) in [6.07, 6.45) is 3.22. The first-order valence-electron chi connectivity index (χ1n) is 9.28. The van der Waals surface area contributed by atoms with Crippen LogP contribution in [-0.4, -0.2) is 48.5 Å². The molecule has 1 aromatic carbocycles. The molecule has 10 nitrogen and oxygen atoms in total. The molecule has 0 radical (unpaired) electrons. The van der Waals surface area contributed by atoms with Gasteiger partial charge in [0, 0.05) is 24.5 Å². The van der Waals surface area contributed by atoms with E-state index in [1.165, 1.54) is 18.2 Å². The molecule has 1 heterocycles. The normalized spacial score (nSPS) is 30.2. The van der Waals surface area contributed by atoms with Crippen LogP contribution in [0.15, 0.2) is 41.3 Å². The summed E-state index contributed by atoms with van der Waals surface area (Å²) in [7, 11) is -3.60. The molecule has 3 fully saturated rings. The SMILES string of the molecule is COC(=O)[C@]12C=CC(=O)N(S(=O)(=O)c3ccccc3[N+](=O)[O-])[C@H]1C1CC[C@H]2CC1=O. The van der Waals surface area contributed by atoms with Gasteiger partial charge in [-0.15, -0.1) is 0 Å². The Hall–Kier alpha value is -3.08. The zero-order valence-electron chi connectivity index (χ0n) is 15.9. The van der Waals surface area contributed by atoms with E-state index in [0.717, 1.165) is 25.3 Å². The van der Waals surface area contributed by atoms with Crippen molar-refractivity contribution in [2.24, 2.45) is 17.3 Å². The number of carbonyl (C=O) groups excluding carboxylic acids is 3. The summed E-state index contributed by atoms with van der Waals surface area (Å²) in [6, 6.07) is 3.33. The number of ketones is 1. The second-order valence-electron chi connectivity index (χ2n) is 7.62. The summed E-state index contributed by atoms with van der Waals surface area (Å²) in [5.41, 5.74) is -2.20. The lowest BCUT2D eigenvalue weighted by Gasteiger charge is -2.56. The number of sulfonamides is 1. The number of methoxy groups -OCH3 is 1. The molecule has 0 spiro atoms. The molecule has 158 valence electrons. The number of nitro benzene ring substituents is 1. The molecular weight excluding hydrogens is 416 g/mol. The standard InChI is InChI=1S/C19H18N2O8S/c1-29-18(24)19-9-8-16(23)20(17(19)12-7-6-11(19)10-14(12)22)30(27,28)15-5-3-2-4-13(15)21(25)26/h2-5,8-9,11-12,17H,6-7,10H2,1H3/t11-,12?,17-,19-/m0/s1. The van der Waals surface area contributed by atoms with Crippen LogP contribution >= 0.6 is 0 Å².